The maximum Gasteiger partial charge on any atom is 0.217 e. The Morgan fingerprint density at radius 2 is 2.18 bits per heavy atom. The summed E-state index contributed by atoms with van der Waals surface area (Å²) in [5, 5.41) is 9.36. The minimum atomic E-state index is 0.285. The van der Waals surface area contributed by atoms with Gasteiger partial charge in [0, 0.05) is 22.4 Å². The summed E-state index contributed by atoms with van der Waals surface area (Å²) in [4.78, 5) is 5.17. The predicted molar refractivity (Wildman–Crippen MR) is 68.5 cm³/mol. The van der Waals surface area contributed by atoms with Crippen molar-refractivity contribution in [2.24, 2.45) is 0 Å². The lowest BCUT2D eigenvalue weighted by Crippen LogP contribution is -1.92. The maximum atomic E-state index is 9.36. The molecule has 0 aliphatic rings. The monoisotopic (exact) mass is 247 g/mol. The maximum absolute atomic E-state index is 9.36. The predicted octanol–water partition coefficient (Wildman–Crippen LogP) is 3.09. The molecule has 1 aromatic heterocycles. The quantitative estimate of drug-likeness (QED) is 0.843. The van der Waals surface area contributed by atoms with Crippen LogP contribution in [0.4, 0.5) is 0 Å². The molecule has 4 heteroatoms. The number of pyridine rings is 1. The van der Waals surface area contributed by atoms with E-state index in [1.54, 1.807) is 37.2 Å². The number of hydrogen-bond acceptors (Lipinski definition) is 4. The van der Waals surface area contributed by atoms with Gasteiger partial charge < -0.3 is 9.84 Å². The van der Waals surface area contributed by atoms with Gasteiger partial charge in [0.05, 0.1) is 7.11 Å². The fourth-order valence-corrected chi connectivity index (χ4v) is 2.37. The smallest absolute Gasteiger partial charge is 0.217 e. The highest BCUT2D eigenvalue weighted by Crippen LogP contribution is 2.28. The van der Waals surface area contributed by atoms with Crippen LogP contribution in [0.15, 0.2) is 47.5 Å². The highest BCUT2D eigenvalue weighted by molar-refractivity contribution is 7.98. The summed E-state index contributed by atoms with van der Waals surface area (Å²) in [7, 11) is 1.62. The third-order valence-electron chi connectivity index (χ3n) is 2.26. The van der Waals surface area contributed by atoms with Gasteiger partial charge in [-0.05, 0) is 24.3 Å². The minimum Gasteiger partial charge on any atom is -0.508 e. The summed E-state index contributed by atoms with van der Waals surface area (Å²) in [6, 6.07) is 11.1. The molecule has 0 unspecified atom stereocenters. The molecule has 1 heterocycles. The van der Waals surface area contributed by atoms with Crippen LogP contribution in [0.3, 0.4) is 0 Å². The highest BCUT2D eigenvalue weighted by atomic mass is 32.2. The van der Waals surface area contributed by atoms with Crippen molar-refractivity contribution in [1.82, 2.24) is 4.98 Å². The van der Waals surface area contributed by atoms with Crippen molar-refractivity contribution < 1.29 is 9.84 Å². The molecule has 2 aromatic rings. The third kappa shape index (κ3) is 3.14. The second kappa shape index (κ2) is 5.59. The van der Waals surface area contributed by atoms with E-state index < -0.39 is 0 Å². The first-order valence-electron chi connectivity index (χ1n) is 5.19. The molecule has 0 atom stereocenters. The van der Waals surface area contributed by atoms with Gasteiger partial charge in [0.2, 0.25) is 5.88 Å². The molecule has 17 heavy (non-hydrogen) atoms. The SMILES string of the molecule is COc1ncccc1CSc1cccc(O)c1. The lowest BCUT2D eigenvalue weighted by molar-refractivity contribution is 0.394. The number of thioether (sulfide) groups is 1. The zero-order valence-electron chi connectivity index (χ0n) is 9.46. The van der Waals surface area contributed by atoms with Gasteiger partial charge >= 0.3 is 0 Å². The zero-order valence-corrected chi connectivity index (χ0v) is 10.3. The number of aromatic nitrogens is 1. The molecule has 0 aliphatic carbocycles. The van der Waals surface area contributed by atoms with Crippen molar-refractivity contribution in [3.63, 3.8) is 0 Å². The molecule has 1 N–H and O–H groups in total. The number of nitrogens with zero attached hydrogens (tertiary/aromatic N) is 1. The van der Waals surface area contributed by atoms with Crippen molar-refractivity contribution in [3.8, 4) is 11.6 Å². The molecule has 0 radical (unpaired) electrons. The van der Waals surface area contributed by atoms with Gasteiger partial charge in [0.25, 0.3) is 0 Å². The van der Waals surface area contributed by atoms with Crippen LogP contribution in [0, 0.1) is 0 Å². The van der Waals surface area contributed by atoms with Crippen LogP contribution in [0.25, 0.3) is 0 Å². The van der Waals surface area contributed by atoms with Crippen molar-refractivity contribution in [3.05, 3.63) is 48.2 Å². The molecular formula is C13H13NO2S. The first-order chi connectivity index (χ1) is 8.29. The molecule has 0 aliphatic heterocycles. The van der Waals surface area contributed by atoms with Gasteiger partial charge in [-0.25, -0.2) is 4.98 Å². The average Bonchev–Trinajstić information content (AvgIpc) is 2.37. The van der Waals surface area contributed by atoms with E-state index in [0.29, 0.717) is 5.88 Å². The highest BCUT2D eigenvalue weighted by Gasteiger charge is 2.04. The van der Waals surface area contributed by atoms with Gasteiger partial charge in [-0.2, -0.15) is 0 Å². The number of ether oxygens (including phenoxy) is 1. The summed E-state index contributed by atoms with van der Waals surface area (Å²) in [6.45, 7) is 0. The number of benzene rings is 1. The molecular weight excluding hydrogens is 234 g/mol. The largest absolute Gasteiger partial charge is 0.508 e. The van der Waals surface area contributed by atoms with Crippen LogP contribution < -0.4 is 4.74 Å². The molecule has 3 nitrogen and oxygen atoms in total. The van der Waals surface area contributed by atoms with E-state index in [2.05, 4.69) is 4.98 Å². The second-order valence-electron chi connectivity index (χ2n) is 3.46. The van der Waals surface area contributed by atoms with E-state index in [9.17, 15) is 5.11 Å². The number of aromatic hydroxyl groups is 1. The van der Waals surface area contributed by atoms with E-state index in [4.69, 9.17) is 4.74 Å². The van der Waals surface area contributed by atoms with Crippen molar-refractivity contribution in [2.45, 2.75) is 10.6 Å². The molecule has 0 saturated heterocycles. The summed E-state index contributed by atoms with van der Waals surface area (Å²) in [5.74, 6) is 1.70. The molecule has 88 valence electrons. The fourth-order valence-electron chi connectivity index (χ4n) is 1.45. The summed E-state index contributed by atoms with van der Waals surface area (Å²) in [6.07, 6.45) is 1.71. The van der Waals surface area contributed by atoms with E-state index in [1.165, 1.54) is 0 Å². The normalized spacial score (nSPS) is 10.2. The topological polar surface area (TPSA) is 42.4 Å². The van der Waals surface area contributed by atoms with Gasteiger partial charge in [0.15, 0.2) is 0 Å². The van der Waals surface area contributed by atoms with Gasteiger partial charge in [0.1, 0.15) is 5.75 Å². The Morgan fingerprint density at radius 1 is 1.29 bits per heavy atom. The van der Waals surface area contributed by atoms with Gasteiger partial charge in [-0.15, -0.1) is 11.8 Å². The number of hydrogen-bond donors (Lipinski definition) is 1. The fraction of sp³-hybridized carbons (Fsp3) is 0.154. The Hall–Kier alpha value is -1.68. The molecule has 0 spiro atoms. The minimum absolute atomic E-state index is 0.285. The van der Waals surface area contributed by atoms with Gasteiger partial charge in [-0.3, -0.25) is 0 Å². The standard InChI is InChI=1S/C13H13NO2S/c1-16-13-10(4-3-7-14-13)9-17-12-6-2-5-11(15)8-12/h2-8,15H,9H2,1H3. The van der Waals surface area contributed by atoms with E-state index >= 15 is 0 Å². The van der Waals surface area contributed by atoms with E-state index in [-0.39, 0.29) is 5.75 Å². The molecule has 0 saturated carbocycles. The lowest BCUT2D eigenvalue weighted by atomic mass is 10.3. The van der Waals surface area contributed by atoms with E-state index in [0.717, 1.165) is 16.2 Å². The average molecular weight is 247 g/mol. The Bertz CT molecular complexity index is 502. The zero-order chi connectivity index (χ0) is 12.1. The van der Waals surface area contributed by atoms with Crippen LogP contribution in [0.5, 0.6) is 11.6 Å². The Kier molecular flexibility index (Phi) is 3.88. The van der Waals surface area contributed by atoms with Crippen LogP contribution >= 0.6 is 11.8 Å². The molecule has 2 rings (SSSR count). The van der Waals surface area contributed by atoms with Crippen LogP contribution in [0.2, 0.25) is 0 Å². The number of rotatable bonds is 4. The first kappa shape index (κ1) is 11.8. The van der Waals surface area contributed by atoms with Crippen molar-refractivity contribution in [2.75, 3.05) is 7.11 Å². The molecule has 0 bridgehead atoms. The Morgan fingerprint density at radius 3 is 2.94 bits per heavy atom. The summed E-state index contributed by atoms with van der Waals surface area (Å²) >= 11 is 1.64. The van der Waals surface area contributed by atoms with Crippen LogP contribution in [0.1, 0.15) is 5.56 Å². The first-order valence-corrected chi connectivity index (χ1v) is 6.18. The molecule has 0 amide bonds. The van der Waals surface area contributed by atoms with E-state index in [1.807, 2.05) is 24.3 Å². The Balaban J connectivity index is 2.07. The molecule has 1 aromatic carbocycles. The number of phenols is 1. The van der Waals surface area contributed by atoms with Crippen LogP contribution in [-0.2, 0) is 5.75 Å². The third-order valence-corrected chi connectivity index (χ3v) is 3.30. The number of methoxy groups -OCH3 is 1. The summed E-state index contributed by atoms with van der Waals surface area (Å²) in [5.41, 5.74) is 1.04. The lowest BCUT2D eigenvalue weighted by Gasteiger charge is -2.06. The Labute approximate surface area is 104 Å². The van der Waals surface area contributed by atoms with Crippen molar-refractivity contribution >= 4 is 11.8 Å². The van der Waals surface area contributed by atoms with Crippen molar-refractivity contribution in [1.29, 1.82) is 0 Å². The number of phenolic OH excluding ortho intramolecular Hbond substituents is 1. The van der Waals surface area contributed by atoms with Crippen LogP contribution in [-0.4, -0.2) is 17.2 Å². The summed E-state index contributed by atoms with van der Waals surface area (Å²) < 4.78 is 5.18. The second-order valence-corrected chi connectivity index (χ2v) is 4.51. The molecule has 0 fully saturated rings. The van der Waals surface area contributed by atoms with Gasteiger partial charge in [-0.1, -0.05) is 12.1 Å².